The first-order valence-corrected chi connectivity index (χ1v) is 5.87. The number of benzene rings is 1. The molecule has 1 aliphatic heterocycles. The Morgan fingerprint density at radius 3 is 2.88 bits per heavy atom. The number of likely N-dealkylation sites (N-methyl/N-ethyl adjacent to an activating group) is 1. The fraction of sp³-hybridized carbons (Fsp3) is 0.417. The lowest BCUT2D eigenvalue weighted by Crippen LogP contribution is -2.36. The number of nitrogens with one attached hydrogen (secondary N) is 1. The highest BCUT2D eigenvalue weighted by atomic mass is 35.5. The van der Waals surface area contributed by atoms with E-state index in [9.17, 15) is 4.79 Å². The summed E-state index contributed by atoms with van der Waals surface area (Å²) < 4.78 is 5.15. The minimum Gasteiger partial charge on any atom is -0.497 e. The van der Waals surface area contributed by atoms with Crippen molar-refractivity contribution in [2.75, 3.05) is 25.6 Å². The van der Waals surface area contributed by atoms with Gasteiger partial charge >= 0.3 is 0 Å². The maximum absolute atomic E-state index is 12.1. The Morgan fingerprint density at radius 1 is 1.53 bits per heavy atom. The highest BCUT2D eigenvalue weighted by molar-refractivity contribution is 6.34. The van der Waals surface area contributed by atoms with Crippen LogP contribution in [0.25, 0.3) is 0 Å². The second-order valence-corrected chi connectivity index (χ2v) is 4.34. The van der Waals surface area contributed by atoms with Crippen molar-refractivity contribution >= 4 is 23.2 Å². The van der Waals surface area contributed by atoms with Gasteiger partial charge in [-0.1, -0.05) is 11.6 Å². The molecule has 1 heterocycles. The van der Waals surface area contributed by atoms with Gasteiger partial charge in [0.25, 0.3) is 0 Å². The van der Waals surface area contributed by atoms with Crippen molar-refractivity contribution in [3.63, 3.8) is 0 Å². The number of rotatable bonds is 3. The van der Waals surface area contributed by atoms with Crippen LogP contribution < -0.4 is 15.0 Å². The van der Waals surface area contributed by atoms with E-state index < -0.39 is 0 Å². The molecule has 0 saturated carbocycles. The Bertz CT molecular complexity index is 437. The fourth-order valence-electron chi connectivity index (χ4n) is 2.01. The number of hydrogen-bond donors (Lipinski definition) is 1. The van der Waals surface area contributed by atoms with E-state index in [0.717, 1.165) is 6.42 Å². The van der Waals surface area contributed by atoms with E-state index in [1.165, 1.54) is 0 Å². The molecular formula is C12H15ClN2O2. The molecule has 1 amide bonds. The van der Waals surface area contributed by atoms with E-state index >= 15 is 0 Å². The van der Waals surface area contributed by atoms with Crippen molar-refractivity contribution in [2.45, 2.75) is 12.5 Å². The number of nitrogens with zero attached hydrogens (tertiary/aromatic N) is 1. The molecule has 1 aliphatic rings. The number of anilines is 1. The van der Waals surface area contributed by atoms with Gasteiger partial charge in [-0.25, -0.2) is 0 Å². The standard InChI is InChI=1S/C12H15ClN2O2/c1-14-10-5-6-15(12(10)16)11-7-8(17-2)3-4-9(11)13/h3-4,7,10,14H,5-6H2,1-2H3. The van der Waals surface area contributed by atoms with E-state index in [-0.39, 0.29) is 11.9 Å². The summed E-state index contributed by atoms with van der Waals surface area (Å²) in [4.78, 5) is 13.8. The molecule has 1 aromatic rings. The lowest BCUT2D eigenvalue weighted by molar-refractivity contribution is -0.118. The maximum Gasteiger partial charge on any atom is 0.244 e. The minimum absolute atomic E-state index is 0.0580. The Labute approximate surface area is 106 Å². The molecule has 92 valence electrons. The summed E-state index contributed by atoms with van der Waals surface area (Å²) in [6.07, 6.45) is 0.795. The molecule has 0 aromatic heterocycles. The van der Waals surface area contributed by atoms with Gasteiger partial charge in [-0.05, 0) is 25.6 Å². The van der Waals surface area contributed by atoms with Crippen LogP contribution in [0.1, 0.15) is 6.42 Å². The van der Waals surface area contributed by atoms with Crippen molar-refractivity contribution in [3.05, 3.63) is 23.2 Å². The first-order valence-electron chi connectivity index (χ1n) is 5.49. The number of methoxy groups -OCH3 is 1. The molecule has 1 saturated heterocycles. The highest BCUT2D eigenvalue weighted by Crippen LogP contribution is 2.32. The lowest BCUT2D eigenvalue weighted by atomic mass is 10.2. The van der Waals surface area contributed by atoms with E-state index in [2.05, 4.69) is 5.32 Å². The molecule has 0 radical (unpaired) electrons. The molecule has 1 fully saturated rings. The van der Waals surface area contributed by atoms with Crippen molar-refractivity contribution in [3.8, 4) is 5.75 Å². The van der Waals surface area contributed by atoms with Crippen molar-refractivity contribution in [2.24, 2.45) is 0 Å². The Balaban J connectivity index is 2.31. The highest BCUT2D eigenvalue weighted by Gasteiger charge is 2.32. The number of carbonyl (C=O) groups is 1. The average molecular weight is 255 g/mol. The fourth-order valence-corrected chi connectivity index (χ4v) is 2.23. The average Bonchev–Trinajstić information content (AvgIpc) is 2.71. The molecule has 1 unspecified atom stereocenters. The van der Waals surface area contributed by atoms with Gasteiger partial charge in [0.05, 0.1) is 23.9 Å². The quantitative estimate of drug-likeness (QED) is 0.892. The molecule has 1 atom stereocenters. The van der Waals surface area contributed by atoms with Crippen LogP contribution in [0.2, 0.25) is 5.02 Å². The van der Waals surface area contributed by atoms with E-state index in [4.69, 9.17) is 16.3 Å². The third-order valence-electron chi connectivity index (χ3n) is 3.00. The second-order valence-electron chi connectivity index (χ2n) is 3.94. The molecule has 0 bridgehead atoms. The summed E-state index contributed by atoms with van der Waals surface area (Å²) >= 11 is 6.12. The zero-order valence-electron chi connectivity index (χ0n) is 9.87. The molecule has 4 nitrogen and oxygen atoms in total. The van der Waals surface area contributed by atoms with Gasteiger partial charge in [-0.15, -0.1) is 0 Å². The van der Waals surface area contributed by atoms with E-state index in [1.54, 1.807) is 37.3 Å². The van der Waals surface area contributed by atoms with Gasteiger partial charge in [0, 0.05) is 12.6 Å². The smallest absolute Gasteiger partial charge is 0.244 e. The van der Waals surface area contributed by atoms with Crippen LogP contribution in [0.3, 0.4) is 0 Å². The summed E-state index contributed by atoms with van der Waals surface area (Å²) in [5.41, 5.74) is 0.716. The van der Waals surface area contributed by atoms with Crippen molar-refractivity contribution in [1.82, 2.24) is 5.32 Å². The van der Waals surface area contributed by atoms with E-state index in [1.807, 2.05) is 0 Å². The second kappa shape index (κ2) is 4.94. The number of ether oxygens (including phenoxy) is 1. The number of halogens is 1. The Morgan fingerprint density at radius 2 is 2.29 bits per heavy atom. The molecular weight excluding hydrogens is 240 g/mol. The predicted molar refractivity (Wildman–Crippen MR) is 67.8 cm³/mol. The normalized spacial score (nSPS) is 19.8. The summed E-state index contributed by atoms with van der Waals surface area (Å²) in [6.45, 7) is 0.678. The summed E-state index contributed by atoms with van der Waals surface area (Å²) in [6, 6.07) is 5.20. The van der Waals surface area contributed by atoms with Gasteiger partial charge in [0.2, 0.25) is 5.91 Å². The molecule has 0 aliphatic carbocycles. The third kappa shape index (κ3) is 2.23. The molecule has 1 aromatic carbocycles. The van der Waals surface area contributed by atoms with Crippen molar-refractivity contribution in [1.29, 1.82) is 0 Å². The third-order valence-corrected chi connectivity index (χ3v) is 3.32. The monoisotopic (exact) mass is 254 g/mol. The first kappa shape index (κ1) is 12.2. The molecule has 17 heavy (non-hydrogen) atoms. The van der Waals surface area contributed by atoms with Gasteiger partial charge in [-0.3, -0.25) is 4.79 Å². The SMILES string of the molecule is CNC1CCN(c2cc(OC)ccc2Cl)C1=O. The van der Waals surface area contributed by atoms with Gasteiger partial charge in [0.1, 0.15) is 5.75 Å². The molecule has 5 heteroatoms. The Hall–Kier alpha value is -1.26. The van der Waals surface area contributed by atoms with Crippen LogP contribution in [0.4, 0.5) is 5.69 Å². The zero-order chi connectivity index (χ0) is 12.4. The van der Waals surface area contributed by atoms with Crippen LogP contribution in [0, 0.1) is 0 Å². The van der Waals surface area contributed by atoms with Crippen LogP contribution in [-0.2, 0) is 4.79 Å². The number of hydrogen-bond acceptors (Lipinski definition) is 3. The van der Waals surface area contributed by atoms with Crippen LogP contribution >= 0.6 is 11.6 Å². The Kier molecular flexibility index (Phi) is 3.54. The number of amides is 1. The maximum atomic E-state index is 12.1. The van der Waals surface area contributed by atoms with Gasteiger partial charge in [-0.2, -0.15) is 0 Å². The van der Waals surface area contributed by atoms with Crippen LogP contribution in [0.5, 0.6) is 5.75 Å². The zero-order valence-corrected chi connectivity index (χ0v) is 10.6. The molecule has 1 N–H and O–H groups in total. The number of carbonyl (C=O) groups excluding carboxylic acids is 1. The summed E-state index contributed by atoms with van der Waals surface area (Å²) in [5, 5.41) is 3.56. The topological polar surface area (TPSA) is 41.6 Å². The van der Waals surface area contributed by atoms with E-state index in [0.29, 0.717) is 23.0 Å². The van der Waals surface area contributed by atoms with Crippen LogP contribution in [-0.4, -0.2) is 32.7 Å². The largest absolute Gasteiger partial charge is 0.497 e. The van der Waals surface area contributed by atoms with Crippen LogP contribution in [0.15, 0.2) is 18.2 Å². The van der Waals surface area contributed by atoms with Gasteiger partial charge < -0.3 is 15.0 Å². The summed E-state index contributed by atoms with van der Waals surface area (Å²) in [7, 11) is 3.38. The predicted octanol–water partition coefficient (Wildman–Crippen LogP) is 1.67. The minimum atomic E-state index is -0.114. The van der Waals surface area contributed by atoms with Crippen molar-refractivity contribution < 1.29 is 9.53 Å². The van der Waals surface area contributed by atoms with Gasteiger partial charge in [0.15, 0.2) is 0 Å². The lowest BCUT2D eigenvalue weighted by Gasteiger charge is -2.18. The first-order chi connectivity index (χ1) is 8.17. The molecule has 0 spiro atoms. The summed E-state index contributed by atoms with van der Waals surface area (Å²) in [5.74, 6) is 0.757. The molecule has 2 rings (SSSR count).